The summed E-state index contributed by atoms with van der Waals surface area (Å²) in [6, 6.07) is 7.28. The van der Waals surface area contributed by atoms with E-state index in [2.05, 4.69) is 6.58 Å². The van der Waals surface area contributed by atoms with Gasteiger partial charge in [-0.2, -0.15) is 8.78 Å². The minimum Gasteiger partial charge on any atom is -0.386 e. The van der Waals surface area contributed by atoms with Gasteiger partial charge in [-0.15, -0.1) is 6.58 Å². The molecule has 0 fully saturated rings. The topological polar surface area (TPSA) is 20.2 Å². The molecule has 0 spiro atoms. The number of hydrogen-bond acceptors (Lipinski definition) is 1. The number of halogens is 2. The van der Waals surface area contributed by atoms with Crippen LogP contribution < -0.4 is 0 Å². The van der Waals surface area contributed by atoms with Gasteiger partial charge in [0, 0.05) is 5.56 Å². The molecule has 1 N–H and O–H groups in total. The van der Waals surface area contributed by atoms with Crippen LogP contribution in [-0.2, 0) is 5.92 Å². The van der Waals surface area contributed by atoms with Crippen LogP contribution in [0.15, 0.2) is 43.0 Å². The SMILES string of the molecule is C=CCC(O)C(F)(F)c1ccccc1. The summed E-state index contributed by atoms with van der Waals surface area (Å²) < 4.78 is 26.9. The van der Waals surface area contributed by atoms with Crippen LogP contribution >= 0.6 is 0 Å². The molecule has 1 aromatic rings. The Morgan fingerprint density at radius 3 is 2.43 bits per heavy atom. The molecule has 1 rings (SSSR count). The van der Waals surface area contributed by atoms with E-state index in [1.165, 1.54) is 30.3 Å². The van der Waals surface area contributed by atoms with Gasteiger partial charge in [-0.3, -0.25) is 0 Å². The minimum atomic E-state index is -3.21. The van der Waals surface area contributed by atoms with Gasteiger partial charge >= 0.3 is 0 Å². The van der Waals surface area contributed by atoms with Crippen molar-refractivity contribution in [3.63, 3.8) is 0 Å². The molecule has 14 heavy (non-hydrogen) atoms. The Balaban J connectivity index is 2.89. The fourth-order valence-corrected chi connectivity index (χ4v) is 1.16. The zero-order valence-electron chi connectivity index (χ0n) is 7.66. The summed E-state index contributed by atoms with van der Waals surface area (Å²) in [4.78, 5) is 0. The highest BCUT2D eigenvalue weighted by atomic mass is 19.3. The number of aliphatic hydroxyl groups is 1. The molecular formula is C11H12F2O. The van der Waals surface area contributed by atoms with E-state index in [4.69, 9.17) is 0 Å². The first-order valence-electron chi connectivity index (χ1n) is 4.31. The maximum absolute atomic E-state index is 13.4. The second-order valence-electron chi connectivity index (χ2n) is 3.03. The summed E-state index contributed by atoms with van der Waals surface area (Å²) in [6.45, 7) is 3.31. The zero-order chi connectivity index (χ0) is 10.6. The van der Waals surface area contributed by atoms with E-state index in [-0.39, 0.29) is 12.0 Å². The lowest BCUT2D eigenvalue weighted by Crippen LogP contribution is -2.30. The van der Waals surface area contributed by atoms with E-state index < -0.39 is 12.0 Å². The molecule has 1 aromatic carbocycles. The lowest BCUT2D eigenvalue weighted by Gasteiger charge is -2.21. The Labute approximate surface area is 81.7 Å². The average molecular weight is 198 g/mol. The smallest absolute Gasteiger partial charge is 0.298 e. The van der Waals surface area contributed by atoms with E-state index >= 15 is 0 Å². The third kappa shape index (κ3) is 2.17. The van der Waals surface area contributed by atoms with Crippen LogP contribution in [-0.4, -0.2) is 11.2 Å². The summed E-state index contributed by atoms with van der Waals surface area (Å²) in [5.74, 6) is -3.21. The highest BCUT2D eigenvalue weighted by molar-refractivity contribution is 5.21. The van der Waals surface area contributed by atoms with Gasteiger partial charge in [0.15, 0.2) is 0 Å². The summed E-state index contributed by atoms with van der Waals surface area (Å²) >= 11 is 0. The first-order valence-corrected chi connectivity index (χ1v) is 4.31. The Morgan fingerprint density at radius 2 is 1.93 bits per heavy atom. The Kier molecular flexibility index (Phi) is 3.36. The van der Waals surface area contributed by atoms with Crippen molar-refractivity contribution >= 4 is 0 Å². The van der Waals surface area contributed by atoms with Crippen molar-refractivity contribution in [2.75, 3.05) is 0 Å². The van der Waals surface area contributed by atoms with Crippen LogP contribution in [0.3, 0.4) is 0 Å². The molecular weight excluding hydrogens is 186 g/mol. The van der Waals surface area contributed by atoms with Gasteiger partial charge in [-0.1, -0.05) is 36.4 Å². The normalized spacial score (nSPS) is 13.6. The van der Waals surface area contributed by atoms with Gasteiger partial charge in [0.25, 0.3) is 5.92 Å². The van der Waals surface area contributed by atoms with Crippen molar-refractivity contribution in [2.45, 2.75) is 18.4 Å². The molecule has 0 amide bonds. The minimum absolute atomic E-state index is 0.123. The highest BCUT2D eigenvalue weighted by Gasteiger charge is 2.39. The predicted molar refractivity (Wildman–Crippen MR) is 51.2 cm³/mol. The Hall–Kier alpha value is -1.22. The van der Waals surface area contributed by atoms with E-state index in [1.807, 2.05) is 0 Å². The van der Waals surface area contributed by atoms with Crippen LogP contribution in [0.25, 0.3) is 0 Å². The summed E-state index contributed by atoms with van der Waals surface area (Å²) in [6.07, 6.45) is -0.550. The number of aliphatic hydroxyl groups excluding tert-OH is 1. The second kappa shape index (κ2) is 4.33. The zero-order valence-corrected chi connectivity index (χ0v) is 7.66. The molecule has 76 valence electrons. The Morgan fingerprint density at radius 1 is 1.36 bits per heavy atom. The van der Waals surface area contributed by atoms with Crippen molar-refractivity contribution in [1.82, 2.24) is 0 Å². The standard InChI is InChI=1S/C11H12F2O/c1-2-6-10(14)11(12,13)9-7-4-3-5-8-9/h2-5,7-8,10,14H,1,6H2. The summed E-state index contributed by atoms with van der Waals surface area (Å²) in [5.41, 5.74) is -0.172. The van der Waals surface area contributed by atoms with Gasteiger partial charge in [-0.25, -0.2) is 0 Å². The molecule has 0 radical (unpaired) electrons. The third-order valence-corrected chi connectivity index (χ3v) is 1.97. The molecule has 0 aliphatic carbocycles. The van der Waals surface area contributed by atoms with Gasteiger partial charge in [0.1, 0.15) is 6.10 Å². The number of hydrogen-bond donors (Lipinski definition) is 1. The van der Waals surface area contributed by atoms with Crippen molar-refractivity contribution in [2.24, 2.45) is 0 Å². The van der Waals surface area contributed by atoms with Crippen LogP contribution in [0, 0.1) is 0 Å². The fraction of sp³-hybridized carbons (Fsp3) is 0.273. The molecule has 0 aliphatic heterocycles. The summed E-state index contributed by atoms with van der Waals surface area (Å²) in [7, 11) is 0. The van der Waals surface area contributed by atoms with E-state index in [0.29, 0.717) is 0 Å². The maximum Gasteiger partial charge on any atom is 0.298 e. The molecule has 0 heterocycles. The first kappa shape index (κ1) is 10.9. The largest absolute Gasteiger partial charge is 0.386 e. The van der Waals surface area contributed by atoms with Gasteiger partial charge in [0.05, 0.1) is 0 Å². The molecule has 0 aromatic heterocycles. The van der Waals surface area contributed by atoms with Crippen LogP contribution in [0.2, 0.25) is 0 Å². The van der Waals surface area contributed by atoms with Crippen LogP contribution in [0.5, 0.6) is 0 Å². The van der Waals surface area contributed by atoms with Crippen LogP contribution in [0.1, 0.15) is 12.0 Å². The lowest BCUT2D eigenvalue weighted by molar-refractivity contribution is -0.113. The molecule has 0 bridgehead atoms. The lowest BCUT2D eigenvalue weighted by atomic mass is 10.0. The van der Waals surface area contributed by atoms with Crippen molar-refractivity contribution < 1.29 is 13.9 Å². The van der Waals surface area contributed by atoms with E-state index in [9.17, 15) is 13.9 Å². The molecule has 1 atom stereocenters. The molecule has 1 nitrogen and oxygen atoms in total. The molecule has 0 saturated heterocycles. The predicted octanol–water partition coefficient (Wildman–Crippen LogP) is 2.72. The summed E-state index contributed by atoms with van der Waals surface area (Å²) in [5, 5.41) is 9.21. The van der Waals surface area contributed by atoms with E-state index in [1.54, 1.807) is 6.07 Å². The van der Waals surface area contributed by atoms with Crippen molar-refractivity contribution in [3.05, 3.63) is 48.6 Å². The second-order valence-corrected chi connectivity index (χ2v) is 3.03. The van der Waals surface area contributed by atoms with E-state index in [0.717, 1.165) is 0 Å². The third-order valence-electron chi connectivity index (χ3n) is 1.97. The molecule has 0 saturated carbocycles. The maximum atomic E-state index is 13.4. The fourth-order valence-electron chi connectivity index (χ4n) is 1.16. The average Bonchev–Trinajstić information content (AvgIpc) is 2.19. The van der Waals surface area contributed by atoms with Gasteiger partial charge < -0.3 is 5.11 Å². The quantitative estimate of drug-likeness (QED) is 0.737. The highest BCUT2D eigenvalue weighted by Crippen LogP contribution is 2.32. The van der Waals surface area contributed by atoms with Crippen molar-refractivity contribution in [3.8, 4) is 0 Å². The van der Waals surface area contributed by atoms with Gasteiger partial charge in [0.2, 0.25) is 0 Å². The van der Waals surface area contributed by atoms with Crippen molar-refractivity contribution in [1.29, 1.82) is 0 Å². The molecule has 3 heteroatoms. The Bertz CT molecular complexity index is 295. The molecule has 1 unspecified atom stereocenters. The molecule has 0 aliphatic rings. The first-order chi connectivity index (χ1) is 6.59. The monoisotopic (exact) mass is 198 g/mol. The van der Waals surface area contributed by atoms with Crippen LogP contribution in [0.4, 0.5) is 8.78 Å². The number of rotatable bonds is 4. The number of benzene rings is 1. The van der Waals surface area contributed by atoms with Gasteiger partial charge in [-0.05, 0) is 6.42 Å². The number of alkyl halides is 2.